The van der Waals surface area contributed by atoms with Crippen molar-refractivity contribution >= 4 is 96.9 Å². The number of hydrogen-bond acceptors (Lipinski definition) is 18. The van der Waals surface area contributed by atoms with E-state index in [4.69, 9.17) is 15.2 Å². The Kier molecular flexibility index (Phi) is 32.8. The molecule has 8 amide bonds. The molecule has 84 heavy (non-hydrogen) atoms. The average molecular weight is 1260 g/mol. The van der Waals surface area contributed by atoms with Gasteiger partial charge in [0.05, 0.1) is 70.9 Å². The van der Waals surface area contributed by atoms with Crippen molar-refractivity contribution in [3.63, 3.8) is 0 Å². The van der Waals surface area contributed by atoms with Crippen molar-refractivity contribution in [3.8, 4) is 23.0 Å². The lowest BCUT2D eigenvalue weighted by Crippen LogP contribution is -2.46. The van der Waals surface area contributed by atoms with E-state index >= 15 is 0 Å². The summed E-state index contributed by atoms with van der Waals surface area (Å²) < 4.78 is 10.7. The van der Waals surface area contributed by atoms with Crippen LogP contribution in [0.15, 0.2) is 72.8 Å². The van der Waals surface area contributed by atoms with Gasteiger partial charge in [-0.15, -0.1) is 49.6 Å². The molecule has 0 radical (unpaired) electrons. The first-order valence-electron chi connectivity index (χ1n) is 26.2. The number of aromatic hydroxyl groups is 4. The lowest BCUT2D eigenvalue weighted by molar-refractivity contribution is 0.0511. The number of halogens is 4. The fourth-order valence-corrected chi connectivity index (χ4v) is 8.63. The second kappa shape index (κ2) is 37.9. The number of nitrogens with two attached hydrogens (primary N) is 1. The van der Waals surface area contributed by atoms with Crippen molar-refractivity contribution in [2.75, 3.05) is 144 Å². The highest BCUT2D eigenvalue weighted by atomic mass is 35.5. The summed E-state index contributed by atoms with van der Waals surface area (Å²) in [6.07, 6.45) is 0. The summed E-state index contributed by atoms with van der Waals surface area (Å²) in [5.74, 6) is -7.59. The van der Waals surface area contributed by atoms with Crippen molar-refractivity contribution in [1.82, 2.24) is 57.2 Å². The molecule has 3 aliphatic rings. The molecular weight excluding hydrogens is 1180 g/mol. The van der Waals surface area contributed by atoms with Crippen LogP contribution in [0.1, 0.15) is 82.9 Å². The van der Waals surface area contributed by atoms with Crippen molar-refractivity contribution < 1.29 is 68.3 Å². The van der Waals surface area contributed by atoms with Crippen LogP contribution >= 0.6 is 49.6 Å². The number of nitrogens with one attached hydrogen (secondary N) is 8. The number of rotatable bonds is 13. The van der Waals surface area contributed by atoms with Gasteiger partial charge in [-0.25, -0.2) is 0 Å². The number of phenolic OH excluding ortho intramolecular Hbond substituents is 4. The zero-order chi connectivity index (χ0) is 57.4. The highest BCUT2D eigenvalue weighted by Gasteiger charge is 2.24. The van der Waals surface area contributed by atoms with Gasteiger partial charge in [0.15, 0.2) is 0 Å². The molecule has 14 N–H and O–H groups in total. The second-order valence-corrected chi connectivity index (χ2v) is 18.4. The summed E-state index contributed by atoms with van der Waals surface area (Å²) in [6.45, 7) is 3.38. The summed E-state index contributed by atoms with van der Waals surface area (Å²) >= 11 is 0. The molecule has 0 saturated carbocycles. The van der Waals surface area contributed by atoms with Crippen LogP contribution in [0.4, 0.5) is 0 Å². The first-order valence-corrected chi connectivity index (χ1v) is 26.2. The molecule has 4 aromatic rings. The van der Waals surface area contributed by atoms with E-state index in [0.29, 0.717) is 26.4 Å². The van der Waals surface area contributed by atoms with Crippen LogP contribution in [0.3, 0.4) is 0 Å². The van der Waals surface area contributed by atoms with Gasteiger partial charge >= 0.3 is 0 Å². The Morgan fingerprint density at radius 2 is 0.726 bits per heavy atom. The molecule has 30 heteroatoms. The maximum Gasteiger partial charge on any atom is 0.255 e. The van der Waals surface area contributed by atoms with Crippen LogP contribution in [0.2, 0.25) is 0 Å². The Labute approximate surface area is 510 Å². The molecule has 462 valence electrons. The Balaban J connectivity index is 0.00000602. The number of fused-ring (bicyclic) bond motifs is 21. The molecule has 0 atom stereocenters. The number of ether oxygens (including phenoxy) is 2. The van der Waals surface area contributed by atoms with E-state index in [-0.39, 0.29) is 212 Å². The number of amides is 8. The smallest absolute Gasteiger partial charge is 0.255 e. The minimum atomic E-state index is -0.699. The quantitative estimate of drug-likeness (QED) is 0.0787. The van der Waals surface area contributed by atoms with Gasteiger partial charge in [0.1, 0.15) is 23.0 Å². The highest BCUT2D eigenvalue weighted by molar-refractivity contribution is 6.06. The number of nitrogens with zero attached hydrogens (tertiary/aromatic N) is 3. The number of phenols is 4. The maximum absolute atomic E-state index is 13.6. The summed E-state index contributed by atoms with van der Waals surface area (Å²) in [6, 6.07) is 16.7. The highest BCUT2D eigenvalue weighted by Crippen LogP contribution is 2.26. The number of hydrogen-bond donors (Lipinski definition) is 13. The zero-order valence-electron chi connectivity index (χ0n) is 45.9. The second-order valence-electron chi connectivity index (χ2n) is 18.4. The fourth-order valence-electron chi connectivity index (χ4n) is 8.63. The van der Waals surface area contributed by atoms with Crippen LogP contribution < -0.4 is 48.3 Å². The summed E-state index contributed by atoms with van der Waals surface area (Å²) in [7, 11) is 0. The Hall–Kier alpha value is -7.24. The first-order chi connectivity index (χ1) is 38.7. The van der Waals surface area contributed by atoms with E-state index < -0.39 is 70.3 Å². The standard InChI is InChI=1S/C54H70N12O14.4ClH/c55-13-31-79-33-34-80-32-21-63-54(78)42-12-4-11-41(46(42)70)53(77)62-20-28-66-27-19-61-52(76)40-10-3-7-37(45(40)69)49(73)58-16-24-64-22-14-56-47(71)35-5-1-8-38(43(35)67)50(74)59-17-25-65(29-30-66)26-18-60-51(75)39-9-2-6-36(44(39)68)48(72)57-15-23-64;;;;/h1-12,67-70H,13-34,55H2,(H,56,71)(H,57,72)(H,58,73)(H,59,74)(H,60,75)(H,61,76)(H,62,77)(H,63,78);4*1H. The number of para-hydroxylation sites is 4. The van der Waals surface area contributed by atoms with Gasteiger partial charge in [-0.1, -0.05) is 24.3 Å². The fraction of sp³-hybridized carbons (Fsp3) is 0.407. The molecule has 3 heterocycles. The first kappa shape index (κ1) is 72.9. The average Bonchev–Trinajstić information content (AvgIpc) is 2.81. The van der Waals surface area contributed by atoms with E-state index in [0.717, 1.165) is 0 Å². The van der Waals surface area contributed by atoms with E-state index in [1.165, 1.54) is 72.8 Å². The van der Waals surface area contributed by atoms with Crippen molar-refractivity contribution in [2.24, 2.45) is 5.73 Å². The predicted octanol–water partition coefficient (Wildman–Crippen LogP) is 0.0603. The molecular formula is C54H74Cl4N12O14. The minimum Gasteiger partial charge on any atom is -0.506 e. The molecule has 0 fully saturated rings. The van der Waals surface area contributed by atoms with Gasteiger partial charge in [-0.05, 0) is 48.5 Å². The van der Waals surface area contributed by atoms with Gasteiger partial charge in [0, 0.05) is 118 Å². The van der Waals surface area contributed by atoms with E-state index in [1.54, 1.807) is 4.90 Å². The third-order valence-electron chi connectivity index (χ3n) is 13.0. The van der Waals surface area contributed by atoms with Gasteiger partial charge < -0.3 is 78.2 Å². The number of carbonyl (C=O) groups excluding carboxylic acids is 8. The van der Waals surface area contributed by atoms with Gasteiger partial charge in [-0.3, -0.25) is 53.1 Å². The third-order valence-corrected chi connectivity index (χ3v) is 13.0. The summed E-state index contributed by atoms with van der Waals surface area (Å²) in [4.78, 5) is 113. The lowest BCUT2D eigenvalue weighted by Gasteiger charge is -2.28. The molecule has 8 bridgehead atoms. The van der Waals surface area contributed by atoms with Crippen molar-refractivity contribution in [1.29, 1.82) is 0 Å². The number of benzene rings is 4. The van der Waals surface area contributed by atoms with Gasteiger partial charge in [0.25, 0.3) is 47.3 Å². The lowest BCUT2D eigenvalue weighted by atomic mass is 10.1. The Bertz CT molecular complexity index is 2770. The monoisotopic (exact) mass is 1250 g/mol. The molecule has 0 saturated heterocycles. The maximum atomic E-state index is 13.6. The molecule has 3 aliphatic heterocycles. The van der Waals surface area contributed by atoms with Crippen LogP contribution in [0.5, 0.6) is 23.0 Å². The van der Waals surface area contributed by atoms with Crippen LogP contribution in [-0.2, 0) is 9.47 Å². The molecule has 0 aromatic heterocycles. The topological polar surface area (TPSA) is 368 Å². The third kappa shape index (κ3) is 21.4. The Morgan fingerprint density at radius 3 is 1.08 bits per heavy atom. The zero-order valence-corrected chi connectivity index (χ0v) is 49.2. The minimum absolute atomic E-state index is 0. The molecule has 0 spiro atoms. The molecule has 4 aromatic carbocycles. The van der Waals surface area contributed by atoms with Crippen LogP contribution in [-0.4, -0.2) is 227 Å². The summed E-state index contributed by atoms with van der Waals surface area (Å²) in [5.41, 5.74) is 4.12. The van der Waals surface area contributed by atoms with E-state index in [1.807, 2.05) is 9.80 Å². The largest absolute Gasteiger partial charge is 0.506 e. The predicted molar refractivity (Wildman–Crippen MR) is 320 cm³/mol. The summed E-state index contributed by atoms with van der Waals surface area (Å²) in [5, 5.41) is 66.7. The van der Waals surface area contributed by atoms with Gasteiger partial charge in [-0.2, -0.15) is 0 Å². The molecule has 26 nitrogen and oxygen atoms in total. The normalized spacial score (nSPS) is 17.0. The van der Waals surface area contributed by atoms with Gasteiger partial charge in [0.2, 0.25) is 0 Å². The van der Waals surface area contributed by atoms with Crippen LogP contribution in [0, 0.1) is 0 Å². The molecule has 0 unspecified atom stereocenters. The van der Waals surface area contributed by atoms with E-state index in [2.05, 4.69) is 42.5 Å². The van der Waals surface area contributed by atoms with Crippen molar-refractivity contribution in [3.05, 3.63) is 117 Å². The number of carbonyl (C=O) groups is 8. The van der Waals surface area contributed by atoms with E-state index in [9.17, 15) is 58.8 Å². The Morgan fingerprint density at radius 1 is 0.417 bits per heavy atom. The SMILES string of the molecule is Cl.Cl.Cl.Cl.NCCOCCOCCNC(=O)c1cccc(C(=O)NCCN2CCNC(=O)c3cccc(c3O)C(=O)NCCN3CCNC(=O)c4cccc(c4O)C(=O)NCCN(CCNC(=O)c4cccc(c4O)C(=O)NCC3)CC2)c1O. The van der Waals surface area contributed by atoms with Crippen molar-refractivity contribution in [2.45, 2.75) is 0 Å². The molecule has 0 aliphatic carbocycles. The van der Waals surface area contributed by atoms with Crippen LogP contribution in [0.25, 0.3) is 0 Å². The molecule has 7 rings (SSSR count).